The Hall–Kier alpha value is -3.17. The molecule has 31 heavy (non-hydrogen) atoms. The van der Waals surface area contributed by atoms with Crippen LogP contribution >= 0.6 is 0 Å². The molecule has 0 saturated carbocycles. The van der Waals surface area contributed by atoms with Crippen molar-refractivity contribution in [3.63, 3.8) is 0 Å². The fourth-order valence-corrected chi connectivity index (χ4v) is 3.74. The van der Waals surface area contributed by atoms with Crippen molar-refractivity contribution < 1.29 is 23.5 Å². The van der Waals surface area contributed by atoms with Gasteiger partial charge in [0.2, 0.25) is 6.79 Å². The Kier molecular flexibility index (Phi) is 6.34. The first kappa shape index (κ1) is 21.1. The van der Waals surface area contributed by atoms with Gasteiger partial charge in [-0.15, -0.1) is 0 Å². The van der Waals surface area contributed by atoms with E-state index in [0.717, 1.165) is 37.8 Å². The largest absolute Gasteiger partial charge is 0.454 e. The lowest BCUT2D eigenvalue weighted by Crippen LogP contribution is -2.49. The lowest BCUT2D eigenvalue weighted by molar-refractivity contribution is -0.136. The first-order valence-corrected chi connectivity index (χ1v) is 10.2. The van der Waals surface area contributed by atoms with Gasteiger partial charge in [0.1, 0.15) is 5.82 Å². The number of carbonyl (C=O) groups excluding carboxylic acids is 2. The predicted molar refractivity (Wildman–Crippen MR) is 112 cm³/mol. The number of benzene rings is 2. The number of hydrogen-bond acceptors (Lipinski definition) is 6. The first-order chi connectivity index (χ1) is 15.0. The molecule has 0 unspecified atom stereocenters. The van der Waals surface area contributed by atoms with Crippen LogP contribution in [0.4, 0.5) is 10.1 Å². The number of fused-ring (bicyclic) bond motifs is 1. The van der Waals surface area contributed by atoms with Crippen LogP contribution in [0, 0.1) is 5.82 Å². The molecule has 2 aliphatic rings. The summed E-state index contributed by atoms with van der Waals surface area (Å²) in [7, 11) is 2.07. The molecule has 8 nitrogen and oxygen atoms in total. The van der Waals surface area contributed by atoms with E-state index in [1.54, 1.807) is 0 Å². The number of ether oxygens (including phenoxy) is 2. The van der Waals surface area contributed by atoms with Gasteiger partial charge in [-0.05, 0) is 42.9 Å². The van der Waals surface area contributed by atoms with Gasteiger partial charge in [-0.2, -0.15) is 0 Å². The van der Waals surface area contributed by atoms with Gasteiger partial charge in [-0.1, -0.05) is 12.1 Å². The molecular formula is C22H25FN4O4. The molecule has 0 aromatic heterocycles. The van der Waals surface area contributed by atoms with E-state index in [1.807, 2.05) is 18.2 Å². The van der Waals surface area contributed by atoms with Crippen LogP contribution in [0.5, 0.6) is 11.5 Å². The summed E-state index contributed by atoms with van der Waals surface area (Å²) in [5, 5.41) is 5.14. The maximum atomic E-state index is 13.3. The molecule has 0 bridgehead atoms. The summed E-state index contributed by atoms with van der Waals surface area (Å²) in [6.45, 7) is 3.93. The summed E-state index contributed by atoms with van der Waals surface area (Å²) in [5.74, 6) is -0.736. The molecular weight excluding hydrogens is 403 g/mol. The minimum Gasteiger partial charge on any atom is -0.454 e. The number of carbonyl (C=O) groups is 2. The van der Waals surface area contributed by atoms with Gasteiger partial charge >= 0.3 is 11.8 Å². The van der Waals surface area contributed by atoms with Gasteiger partial charge in [0.05, 0.1) is 6.04 Å². The smallest absolute Gasteiger partial charge is 0.313 e. The molecule has 2 amide bonds. The molecule has 1 fully saturated rings. The molecule has 1 atom stereocenters. The Bertz CT molecular complexity index is 962. The van der Waals surface area contributed by atoms with Crippen LogP contribution in [0.2, 0.25) is 0 Å². The molecule has 0 radical (unpaired) electrons. The predicted octanol–water partition coefficient (Wildman–Crippen LogP) is 1.60. The number of piperazine rings is 1. The van der Waals surface area contributed by atoms with E-state index in [4.69, 9.17) is 9.47 Å². The molecule has 164 valence electrons. The molecule has 0 aliphatic carbocycles. The van der Waals surface area contributed by atoms with Crippen molar-refractivity contribution in [1.29, 1.82) is 0 Å². The highest BCUT2D eigenvalue weighted by Gasteiger charge is 2.27. The third kappa shape index (κ3) is 5.12. The Labute approximate surface area is 179 Å². The Morgan fingerprint density at radius 2 is 1.81 bits per heavy atom. The van der Waals surface area contributed by atoms with E-state index in [1.165, 1.54) is 18.2 Å². The number of nitrogens with zero attached hydrogens (tertiary/aromatic N) is 2. The number of likely N-dealkylation sites (N-methyl/N-ethyl adjacent to an activating group) is 1. The van der Waals surface area contributed by atoms with Crippen molar-refractivity contribution in [2.75, 3.05) is 51.9 Å². The summed E-state index contributed by atoms with van der Waals surface area (Å²) in [6, 6.07) is 11.0. The Balaban J connectivity index is 1.44. The van der Waals surface area contributed by atoms with E-state index < -0.39 is 17.6 Å². The third-order valence-electron chi connectivity index (χ3n) is 5.50. The zero-order chi connectivity index (χ0) is 21.8. The van der Waals surface area contributed by atoms with Crippen LogP contribution in [0.25, 0.3) is 0 Å². The highest BCUT2D eigenvalue weighted by atomic mass is 19.1. The summed E-state index contributed by atoms with van der Waals surface area (Å²) in [6.07, 6.45) is 0. The van der Waals surface area contributed by atoms with Crippen LogP contribution in [0.1, 0.15) is 11.6 Å². The molecule has 2 aromatic rings. The molecule has 2 heterocycles. The van der Waals surface area contributed by atoms with Crippen molar-refractivity contribution >= 4 is 17.5 Å². The first-order valence-electron chi connectivity index (χ1n) is 10.2. The summed E-state index contributed by atoms with van der Waals surface area (Å²) in [4.78, 5) is 29.2. The standard InChI is InChI=1S/C22H25FN4O4/c1-26-7-9-27(10-8-26)18(15-5-6-19-20(11-15)31-14-30-19)13-24-21(28)22(29)25-17-4-2-3-16(23)12-17/h2-6,11-12,18H,7-10,13-14H2,1H3,(H,24,28)(H,25,29)/t18-/m1/s1. The zero-order valence-electron chi connectivity index (χ0n) is 17.3. The third-order valence-corrected chi connectivity index (χ3v) is 5.50. The second-order valence-electron chi connectivity index (χ2n) is 7.64. The minimum atomic E-state index is -0.839. The van der Waals surface area contributed by atoms with Gasteiger partial charge in [-0.3, -0.25) is 14.5 Å². The van der Waals surface area contributed by atoms with Crippen molar-refractivity contribution in [3.8, 4) is 11.5 Å². The minimum absolute atomic E-state index is 0.130. The van der Waals surface area contributed by atoms with Crippen LogP contribution in [-0.4, -0.2) is 68.2 Å². The number of rotatable bonds is 5. The fourth-order valence-electron chi connectivity index (χ4n) is 3.74. The highest BCUT2D eigenvalue weighted by Crippen LogP contribution is 2.35. The van der Waals surface area contributed by atoms with E-state index in [2.05, 4.69) is 27.5 Å². The Morgan fingerprint density at radius 3 is 2.58 bits per heavy atom. The lowest BCUT2D eigenvalue weighted by Gasteiger charge is -2.38. The maximum absolute atomic E-state index is 13.3. The zero-order valence-corrected chi connectivity index (χ0v) is 17.3. The highest BCUT2D eigenvalue weighted by molar-refractivity contribution is 6.39. The SMILES string of the molecule is CN1CCN([C@H](CNC(=O)C(=O)Nc2cccc(F)c2)c2ccc3c(c2)OCO3)CC1. The lowest BCUT2D eigenvalue weighted by atomic mass is 10.0. The molecule has 2 aliphatic heterocycles. The van der Waals surface area contributed by atoms with Crippen LogP contribution in [0.3, 0.4) is 0 Å². The van der Waals surface area contributed by atoms with Crippen molar-refractivity contribution in [2.24, 2.45) is 0 Å². The summed E-state index contributed by atoms with van der Waals surface area (Å²) in [5.41, 5.74) is 1.20. The number of amides is 2. The second-order valence-corrected chi connectivity index (χ2v) is 7.64. The number of nitrogens with one attached hydrogen (secondary N) is 2. The molecule has 1 saturated heterocycles. The summed E-state index contributed by atoms with van der Waals surface area (Å²) < 4.78 is 24.2. The van der Waals surface area contributed by atoms with Crippen molar-refractivity contribution in [2.45, 2.75) is 6.04 Å². The molecule has 2 N–H and O–H groups in total. The van der Waals surface area contributed by atoms with E-state index in [0.29, 0.717) is 11.5 Å². The summed E-state index contributed by atoms with van der Waals surface area (Å²) >= 11 is 0. The number of halogens is 1. The Morgan fingerprint density at radius 1 is 1.03 bits per heavy atom. The van der Waals surface area contributed by atoms with Gasteiger partial charge < -0.3 is 25.0 Å². The van der Waals surface area contributed by atoms with Gasteiger partial charge in [0, 0.05) is 38.4 Å². The monoisotopic (exact) mass is 428 g/mol. The molecule has 0 spiro atoms. The molecule has 4 rings (SSSR count). The van der Waals surface area contributed by atoms with E-state index in [9.17, 15) is 14.0 Å². The topological polar surface area (TPSA) is 83.1 Å². The fraction of sp³-hybridized carbons (Fsp3) is 0.364. The van der Waals surface area contributed by atoms with Crippen LogP contribution < -0.4 is 20.1 Å². The van der Waals surface area contributed by atoms with Gasteiger partial charge in [0.15, 0.2) is 11.5 Å². The quantitative estimate of drug-likeness (QED) is 0.704. The van der Waals surface area contributed by atoms with E-state index >= 15 is 0 Å². The van der Waals surface area contributed by atoms with Crippen LogP contribution in [0.15, 0.2) is 42.5 Å². The second kappa shape index (κ2) is 9.32. The van der Waals surface area contributed by atoms with Gasteiger partial charge in [-0.25, -0.2) is 4.39 Å². The van der Waals surface area contributed by atoms with Crippen molar-refractivity contribution in [1.82, 2.24) is 15.1 Å². The maximum Gasteiger partial charge on any atom is 0.313 e. The van der Waals surface area contributed by atoms with E-state index in [-0.39, 0.29) is 25.1 Å². The number of anilines is 1. The molecule has 9 heteroatoms. The molecule has 2 aromatic carbocycles. The number of hydrogen-bond donors (Lipinski definition) is 2. The average Bonchev–Trinajstić information content (AvgIpc) is 3.23. The van der Waals surface area contributed by atoms with Gasteiger partial charge in [0.25, 0.3) is 0 Å². The normalized spacial score (nSPS) is 17.2. The van der Waals surface area contributed by atoms with Crippen molar-refractivity contribution in [3.05, 3.63) is 53.8 Å². The average molecular weight is 428 g/mol. The van der Waals surface area contributed by atoms with Crippen LogP contribution in [-0.2, 0) is 9.59 Å².